The molecular formula is C21H44IN5O2. The van der Waals surface area contributed by atoms with E-state index < -0.39 is 5.60 Å². The first-order valence-corrected chi connectivity index (χ1v) is 10.8. The van der Waals surface area contributed by atoms with Gasteiger partial charge in [-0.15, -0.1) is 24.0 Å². The molecular weight excluding hydrogens is 481 g/mol. The van der Waals surface area contributed by atoms with E-state index in [-0.39, 0.29) is 36.0 Å². The monoisotopic (exact) mass is 525 g/mol. The molecule has 0 bridgehead atoms. The van der Waals surface area contributed by atoms with Gasteiger partial charge >= 0.3 is 6.09 Å². The van der Waals surface area contributed by atoms with Crippen LogP contribution in [0.3, 0.4) is 0 Å². The lowest BCUT2D eigenvalue weighted by molar-refractivity contribution is 0.0278. The molecule has 29 heavy (non-hydrogen) atoms. The van der Waals surface area contributed by atoms with E-state index in [1.807, 2.05) is 27.8 Å². The number of carbonyl (C=O) groups is 1. The van der Waals surface area contributed by atoms with Crippen LogP contribution >= 0.6 is 24.0 Å². The summed E-state index contributed by atoms with van der Waals surface area (Å²) in [4.78, 5) is 20.6. The number of guanidine groups is 1. The lowest BCUT2D eigenvalue weighted by atomic mass is 10.0. The van der Waals surface area contributed by atoms with Crippen molar-refractivity contribution in [3.63, 3.8) is 0 Å². The van der Waals surface area contributed by atoms with Crippen LogP contribution in [0.15, 0.2) is 4.99 Å². The third kappa shape index (κ3) is 12.5. The van der Waals surface area contributed by atoms with Crippen LogP contribution in [-0.4, -0.2) is 80.3 Å². The first-order valence-electron chi connectivity index (χ1n) is 10.8. The molecule has 1 saturated heterocycles. The van der Waals surface area contributed by atoms with Crippen molar-refractivity contribution in [2.75, 3.05) is 46.8 Å². The molecule has 1 aliphatic rings. The first-order chi connectivity index (χ1) is 13.1. The van der Waals surface area contributed by atoms with Gasteiger partial charge in [0, 0.05) is 46.3 Å². The molecule has 1 amide bonds. The molecule has 8 heteroatoms. The van der Waals surface area contributed by atoms with E-state index in [9.17, 15) is 4.79 Å². The number of nitrogens with one attached hydrogen (secondary N) is 2. The normalized spacial score (nSPS) is 17.3. The highest BCUT2D eigenvalue weighted by molar-refractivity contribution is 14.0. The van der Waals surface area contributed by atoms with Crippen LogP contribution in [0.2, 0.25) is 0 Å². The zero-order valence-corrected chi connectivity index (χ0v) is 21.9. The fourth-order valence-corrected chi connectivity index (χ4v) is 3.29. The minimum absolute atomic E-state index is 0. The fourth-order valence-electron chi connectivity index (χ4n) is 3.29. The quantitative estimate of drug-likeness (QED) is 0.288. The molecule has 1 rings (SSSR count). The van der Waals surface area contributed by atoms with Crippen LogP contribution in [0.1, 0.15) is 60.3 Å². The van der Waals surface area contributed by atoms with Crippen LogP contribution in [0, 0.1) is 5.92 Å². The minimum Gasteiger partial charge on any atom is -0.444 e. The van der Waals surface area contributed by atoms with Crippen LogP contribution in [0.4, 0.5) is 4.79 Å². The summed E-state index contributed by atoms with van der Waals surface area (Å²) in [6.45, 7) is 14.9. The number of unbranched alkanes of at least 4 members (excludes halogenated alkanes) is 1. The van der Waals surface area contributed by atoms with Gasteiger partial charge in [-0.2, -0.15) is 0 Å². The van der Waals surface area contributed by atoms with E-state index in [4.69, 9.17) is 4.74 Å². The lowest BCUT2D eigenvalue weighted by Gasteiger charge is -2.33. The number of carbonyl (C=O) groups excluding carboxylic acids is 1. The number of ether oxygens (including phenoxy) is 1. The zero-order valence-electron chi connectivity index (χ0n) is 19.6. The van der Waals surface area contributed by atoms with Crippen molar-refractivity contribution in [1.29, 1.82) is 0 Å². The molecule has 1 aliphatic heterocycles. The summed E-state index contributed by atoms with van der Waals surface area (Å²) >= 11 is 0. The molecule has 172 valence electrons. The lowest BCUT2D eigenvalue weighted by Crippen LogP contribution is -2.49. The summed E-state index contributed by atoms with van der Waals surface area (Å²) in [5.41, 5.74) is -0.467. The van der Waals surface area contributed by atoms with Crippen molar-refractivity contribution in [3.05, 3.63) is 0 Å². The van der Waals surface area contributed by atoms with Gasteiger partial charge in [-0.3, -0.25) is 4.99 Å². The Morgan fingerprint density at radius 1 is 1.31 bits per heavy atom. The Hall–Kier alpha value is -0.770. The van der Waals surface area contributed by atoms with E-state index in [1.165, 1.54) is 19.4 Å². The van der Waals surface area contributed by atoms with Crippen LogP contribution in [-0.2, 0) is 4.74 Å². The highest BCUT2D eigenvalue weighted by atomic mass is 127. The summed E-state index contributed by atoms with van der Waals surface area (Å²) < 4.78 is 5.41. The second-order valence-electron chi connectivity index (χ2n) is 9.03. The fraction of sp³-hybridized carbons (Fsp3) is 0.905. The maximum absolute atomic E-state index is 12.1. The molecule has 1 atom stereocenters. The number of amides is 1. The van der Waals surface area contributed by atoms with Crippen molar-refractivity contribution >= 4 is 36.0 Å². The third-order valence-electron chi connectivity index (χ3n) is 4.89. The summed E-state index contributed by atoms with van der Waals surface area (Å²) in [6, 6.07) is 0.476. The standard InChI is InChI=1S/C21H43N5O2.HI/c1-8-9-12-26-13-10-18(11-14-26)24-19(22-6)23-15-17(2)16-25(7)20(27)28-21(3,4)5;/h17-18H,8-16H2,1-7H3,(H2,22,23,24);1H. The van der Waals surface area contributed by atoms with E-state index >= 15 is 0 Å². The Labute approximate surface area is 195 Å². The maximum atomic E-state index is 12.1. The number of hydrogen-bond donors (Lipinski definition) is 2. The van der Waals surface area contributed by atoms with Gasteiger partial charge in [0.25, 0.3) is 0 Å². The summed E-state index contributed by atoms with van der Waals surface area (Å²) in [5.74, 6) is 1.13. The molecule has 0 spiro atoms. The molecule has 0 aromatic rings. The predicted octanol–water partition coefficient (Wildman–Crippen LogP) is 3.54. The Morgan fingerprint density at radius 2 is 1.93 bits per heavy atom. The molecule has 1 unspecified atom stereocenters. The molecule has 0 aromatic carbocycles. The number of halogens is 1. The van der Waals surface area contributed by atoms with Crippen LogP contribution in [0.5, 0.6) is 0 Å². The second-order valence-corrected chi connectivity index (χ2v) is 9.03. The summed E-state index contributed by atoms with van der Waals surface area (Å²) in [6.07, 6.45) is 4.58. The second kappa shape index (κ2) is 14.3. The summed E-state index contributed by atoms with van der Waals surface area (Å²) in [7, 11) is 3.59. The van der Waals surface area contributed by atoms with E-state index in [2.05, 4.69) is 34.4 Å². The van der Waals surface area contributed by atoms with Crippen molar-refractivity contribution in [2.24, 2.45) is 10.9 Å². The molecule has 0 radical (unpaired) electrons. The Kier molecular flexibility index (Phi) is 13.9. The van der Waals surface area contributed by atoms with Crippen molar-refractivity contribution in [1.82, 2.24) is 20.4 Å². The number of hydrogen-bond acceptors (Lipinski definition) is 4. The van der Waals surface area contributed by atoms with Gasteiger partial charge < -0.3 is 25.2 Å². The molecule has 0 aliphatic carbocycles. The number of piperidine rings is 1. The first kappa shape index (κ1) is 28.2. The summed E-state index contributed by atoms with van der Waals surface area (Å²) in [5, 5.41) is 6.95. The zero-order chi connectivity index (χ0) is 21.2. The Bertz CT molecular complexity index is 488. The highest BCUT2D eigenvalue weighted by Gasteiger charge is 2.22. The van der Waals surface area contributed by atoms with Gasteiger partial charge in [0.05, 0.1) is 0 Å². The van der Waals surface area contributed by atoms with Gasteiger partial charge in [0.1, 0.15) is 5.60 Å². The number of aliphatic imine (C=N–C) groups is 1. The average Bonchev–Trinajstić information content (AvgIpc) is 2.62. The molecule has 1 fully saturated rings. The molecule has 0 aromatic heterocycles. The largest absolute Gasteiger partial charge is 0.444 e. The number of rotatable bonds is 8. The van der Waals surface area contributed by atoms with Crippen LogP contribution < -0.4 is 10.6 Å². The van der Waals surface area contributed by atoms with Crippen molar-refractivity contribution in [2.45, 2.75) is 71.9 Å². The molecule has 2 N–H and O–H groups in total. The molecule has 1 heterocycles. The van der Waals surface area contributed by atoms with Gasteiger partial charge in [0.15, 0.2) is 5.96 Å². The maximum Gasteiger partial charge on any atom is 0.410 e. The average molecular weight is 526 g/mol. The van der Waals surface area contributed by atoms with Gasteiger partial charge in [-0.1, -0.05) is 20.3 Å². The minimum atomic E-state index is -0.467. The SMILES string of the molecule is CCCCN1CCC(NC(=NC)NCC(C)CN(C)C(=O)OC(C)(C)C)CC1.I. The van der Waals surface area contributed by atoms with E-state index in [1.54, 1.807) is 11.9 Å². The Balaban J connectivity index is 0.00000784. The van der Waals surface area contributed by atoms with Gasteiger partial charge in [0.2, 0.25) is 0 Å². The Morgan fingerprint density at radius 3 is 2.45 bits per heavy atom. The topological polar surface area (TPSA) is 69.2 Å². The van der Waals surface area contributed by atoms with E-state index in [0.717, 1.165) is 38.4 Å². The number of nitrogens with zero attached hydrogens (tertiary/aromatic N) is 3. The van der Waals surface area contributed by atoms with Crippen LogP contribution in [0.25, 0.3) is 0 Å². The van der Waals surface area contributed by atoms with Crippen molar-refractivity contribution in [3.8, 4) is 0 Å². The van der Waals surface area contributed by atoms with Gasteiger partial charge in [-0.05, 0) is 52.5 Å². The van der Waals surface area contributed by atoms with Crippen molar-refractivity contribution < 1.29 is 9.53 Å². The smallest absolute Gasteiger partial charge is 0.410 e. The highest BCUT2D eigenvalue weighted by Crippen LogP contribution is 2.12. The predicted molar refractivity (Wildman–Crippen MR) is 132 cm³/mol. The molecule has 7 nitrogen and oxygen atoms in total. The van der Waals surface area contributed by atoms with E-state index in [0.29, 0.717) is 12.6 Å². The number of likely N-dealkylation sites (tertiary alicyclic amines) is 1. The van der Waals surface area contributed by atoms with Gasteiger partial charge in [-0.25, -0.2) is 4.79 Å². The third-order valence-corrected chi connectivity index (χ3v) is 4.89. The molecule has 0 saturated carbocycles.